The van der Waals surface area contributed by atoms with Crippen molar-refractivity contribution in [2.75, 3.05) is 13.1 Å². The van der Waals surface area contributed by atoms with E-state index in [-0.39, 0.29) is 24.0 Å². The molecule has 1 saturated heterocycles. The van der Waals surface area contributed by atoms with Crippen molar-refractivity contribution in [1.29, 1.82) is 0 Å². The van der Waals surface area contributed by atoms with Crippen LogP contribution in [0, 0.1) is 12.8 Å². The van der Waals surface area contributed by atoms with E-state index in [4.69, 9.17) is 9.15 Å². The van der Waals surface area contributed by atoms with Crippen molar-refractivity contribution in [3.05, 3.63) is 87.7 Å². The Labute approximate surface area is 174 Å². The molecule has 5 rings (SSSR count). The second-order valence-corrected chi connectivity index (χ2v) is 8.28. The van der Waals surface area contributed by atoms with Gasteiger partial charge in [-0.05, 0) is 55.2 Å². The van der Waals surface area contributed by atoms with Crippen molar-refractivity contribution in [3.63, 3.8) is 0 Å². The number of fused-ring (bicyclic) bond motifs is 4. The lowest BCUT2D eigenvalue weighted by Gasteiger charge is -2.42. The zero-order valence-corrected chi connectivity index (χ0v) is 16.9. The Hall–Kier alpha value is -3.28. The average molecular weight is 404 g/mol. The second kappa shape index (κ2) is 7.52. The number of carbonyl (C=O) groups is 1. The summed E-state index contributed by atoms with van der Waals surface area (Å²) in [6.07, 6.45) is 1.01. The van der Waals surface area contributed by atoms with Gasteiger partial charge in [0.1, 0.15) is 18.1 Å². The maximum absolute atomic E-state index is 13.1. The van der Waals surface area contributed by atoms with Gasteiger partial charge in [0.25, 0.3) is 11.5 Å². The van der Waals surface area contributed by atoms with Crippen LogP contribution in [-0.4, -0.2) is 28.5 Å². The van der Waals surface area contributed by atoms with Gasteiger partial charge in [0.05, 0.1) is 0 Å². The van der Waals surface area contributed by atoms with Crippen LogP contribution in [0.4, 0.5) is 0 Å². The molecule has 0 spiro atoms. The van der Waals surface area contributed by atoms with E-state index in [0.29, 0.717) is 37.1 Å². The van der Waals surface area contributed by atoms with Gasteiger partial charge in [0, 0.05) is 37.3 Å². The molecule has 2 atom stereocenters. The largest absolute Gasteiger partial charge is 0.486 e. The molecule has 30 heavy (non-hydrogen) atoms. The number of amides is 1. The van der Waals surface area contributed by atoms with E-state index in [9.17, 15) is 9.59 Å². The minimum Gasteiger partial charge on any atom is -0.486 e. The van der Waals surface area contributed by atoms with Crippen LogP contribution in [0.5, 0.6) is 5.75 Å². The maximum atomic E-state index is 13.1. The van der Waals surface area contributed by atoms with Gasteiger partial charge < -0.3 is 18.6 Å². The van der Waals surface area contributed by atoms with Crippen molar-refractivity contribution >= 4 is 5.91 Å². The molecule has 3 aromatic rings. The maximum Gasteiger partial charge on any atom is 0.289 e. The molecule has 2 aromatic heterocycles. The summed E-state index contributed by atoms with van der Waals surface area (Å²) in [7, 11) is 0. The van der Waals surface area contributed by atoms with Gasteiger partial charge in [-0.15, -0.1) is 0 Å². The molecular formula is C24H24N2O4. The monoisotopic (exact) mass is 404 g/mol. The molecule has 1 aromatic carbocycles. The van der Waals surface area contributed by atoms with Gasteiger partial charge in [-0.3, -0.25) is 9.59 Å². The lowest BCUT2D eigenvalue weighted by molar-refractivity contribution is 0.0560. The molecule has 2 aliphatic heterocycles. The highest BCUT2D eigenvalue weighted by atomic mass is 16.5. The van der Waals surface area contributed by atoms with Crippen molar-refractivity contribution in [3.8, 4) is 5.75 Å². The normalized spacial score (nSPS) is 20.0. The topological polar surface area (TPSA) is 64.7 Å². The third-order valence-electron chi connectivity index (χ3n) is 6.01. The number of ether oxygens (including phenoxy) is 1. The van der Waals surface area contributed by atoms with Gasteiger partial charge in [-0.2, -0.15) is 0 Å². The van der Waals surface area contributed by atoms with Crippen LogP contribution in [0.15, 0.2) is 63.8 Å². The van der Waals surface area contributed by atoms with Crippen LogP contribution in [-0.2, 0) is 13.2 Å². The number of hydrogen-bond donors (Lipinski definition) is 0. The molecule has 0 N–H and O–H groups in total. The van der Waals surface area contributed by atoms with Crippen LogP contribution in [0.25, 0.3) is 0 Å². The molecule has 2 aliphatic rings. The number of hydrogen-bond acceptors (Lipinski definition) is 4. The number of rotatable bonds is 4. The zero-order valence-electron chi connectivity index (χ0n) is 16.9. The zero-order chi connectivity index (χ0) is 20.7. The number of benzene rings is 1. The molecular weight excluding hydrogens is 380 g/mol. The van der Waals surface area contributed by atoms with E-state index in [1.807, 2.05) is 52.8 Å². The third kappa shape index (κ3) is 3.54. The molecule has 0 saturated carbocycles. The molecule has 6 nitrogen and oxygen atoms in total. The first kappa shape index (κ1) is 18.7. The van der Waals surface area contributed by atoms with Crippen LogP contribution in [0.1, 0.15) is 39.9 Å². The number of aromatic nitrogens is 1. The van der Waals surface area contributed by atoms with Gasteiger partial charge in [0.2, 0.25) is 0 Å². The van der Waals surface area contributed by atoms with Gasteiger partial charge in [0.15, 0.2) is 5.76 Å². The van der Waals surface area contributed by atoms with Crippen LogP contribution in [0.3, 0.4) is 0 Å². The van der Waals surface area contributed by atoms with E-state index in [1.54, 1.807) is 18.2 Å². The number of pyridine rings is 1. The van der Waals surface area contributed by atoms with Gasteiger partial charge >= 0.3 is 0 Å². The first-order chi connectivity index (χ1) is 14.6. The molecule has 0 aliphatic carbocycles. The first-order valence-corrected chi connectivity index (χ1v) is 10.3. The summed E-state index contributed by atoms with van der Waals surface area (Å²) in [5.41, 5.74) is 2.21. The Kier molecular flexibility index (Phi) is 4.69. The highest BCUT2D eigenvalue weighted by molar-refractivity contribution is 5.91. The lowest BCUT2D eigenvalue weighted by Crippen LogP contribution is -2.49. The van der Waals surface area contributed by atoms with Crippen LogP contribution < -0.4 is 10.3 Å². The smallest absolute Gasteiger partial charge is 0.289 e. The molecule has 6 heteroatoms. The SMILES string of the molecule is Cc1cccc(OCc2ccc(C(=O)N3CC4CC(C3)c3cccc(=O)n3C4)o2)c1. The van der Waals surface area contributed by atoms with Crippen molar-refractivity contribution in [1.82, 2.24) is 9.47 Å². The Morgan fingerprint density at radius 1 is 1.10 bits per heavy atom. The molecule has 1 fully saturated rings. The van der Waals surface area contributed by atoms with E-state index < -0.39 is 0 Å². The van der Waals surface area contributed by atoms with E-state index in [0.717, 1.165) is 23.4 Å². The third-order valence-corrected chi connectivity index (χ3v) is 6.01. The Bertz CT molecular complexity index is 1150. The van der Waals surface area contributed by atoms with Crippen molar-refractivity contribution < 1.29 is 13.9 Å². The highest BCUT2D eigenvalue weighted by Crippen LogP contribution is 2.35. The van der Waals surface area contributed by atoms with Gasteiger partial charge in [-0.25, -0.2) is 0 Å². The fourth-order valence-corrected chi connectivity index (χ4v) is 4.65. The fourth-order valence-electron chi connectivity index (χ4n) is 4.65. The minimum atomic E-state index is -0.0989. The number of likely N-dealkylation sites (tertiary alicyclic amines) is 1. The van der Waals surface area contributed by atoms with Gasteiger partial charge in [-0.1, -0.05) is 18.2 Å². The number of furan rings is 1. The van der Waals surface area contributed by atoms with Crippen LogP contribution >= 0.6 is 0 Å². The molecule has 0 radical (unpaired) electrons. The van der Waals surface area contributed by atoms with E-state index in [1.165, 1.54) is 0 Å². The molecule has 1 amide bonds. The second-order valence-electron chi connectivity index (χ2n) is 8.28. The molecule has 4 heterocycles. The Balaban J connectivity index is 1.27. The summed E-state index contributed by atoms with van der Waals surface area (Å²) in [6.45, 7) is 4.21. The summed E-state index contributed by atoms with van der Waals surface area (Å²) in [4.78, 5) is 27.1. The Morgan fingerprint density at radius 3 is 2.83 bits per heavy atom. The van der Waals surface area contributed by atoms with Crippen molar-refractivity contribution in [2.45, 2.75) is 32.4 Å². The molecule has 2 bridgehead atoms. The number of nitrogens with zero attached hydrogens (tertiary/aromatic N) is 2. The summed E-state index contributed by atoms with van der Waals surface area (Å²) in [5.74, 6) is 2.11. The lowest BCUT2D eigenvalue weighted by atomic mass is 9.83. The summed E-state index contributed by atoms with van der Waals surface area (Å²) < 4.78 is 13.4. The number of piperidine rings is 1. The minimum absolute atomic E-state index is 0.0475. The Morgan fingerprint density at radius 2 is 1.97 bits per heavy atom. The first-order valence-electron chi connectivity index (χ1n) is 10.3. The van der Waals surface area contributed by atoms with Crippen LogP contribution in [0.2, 0.25) is 0 Å². The summed E-state index contributed by atoms with van der Waals surface area (Å²) >= 11 is 0. The van der Waals surface area contributed by atoms with Crippen molar-refractivity contribution in [2.24, 2.45) is 5.92 Å². The predicted molar refractivity (Wildman–Crippen MR) is 112 cm³/mol. The van der Waals surface area contributed by atoms with E-state index in [2.05, 4.69) is 0 Å². The average Bonchev–Trinajstić information content (AvgIpc) is 3.21. The summed E-state index contributed by atoms with van der Waals surface area (Å²) in [5, 5.41) is 0. The standard InChI is InChI=1S/C24H24N2O4/c1-16-4-2-5-19(10-16)29-15-20-8-9-22(30-20)24(28)25-12-17-11-18(14-25)21-6-3-7-23(27)26(21)13-17/h2-10,17-18H,11-15H2,1H3. The predicted octanol–water partition coefficient (Wildman–Crippen LogP) is 3.59. The summed E-state index contributed by atoms with van der Waals surface area (Å²) in [6, 6.07) is 16.8. The highest BCUT2D eigenvalue weighted by Gasteiger charge is 2.37. The number of carbonyl (C=O) groups excluding carboxylic acids is 1. The number of aryl methyl sites for hydroxylation is 1. The molecule has 2 unspecified atom stereocenters. The molecule has 154 valence electrons. The van der Waals surface area contributed by atoms with E-state index >= 15 is 0 Å². The quantitative estimate of drug-likeness (QED) is 0.667. The fraction of sp³-hybridized carbons (Fsp3) is 0.333.